The van der Waals surface area contributed by atoms with E-state index in [1.54, 1.807) is 11.3 Å². The van der Waals surface area contributed by atoms with Crippen LogP contribution in [-0.2, 0) is 12.8 Å². The molecule has 136 valence electrons. The molecule has 0 saturated carbocycles. The number of aromatic nitrogens is 2. The fraction of sp³-hybridized carbons (Fsp3) is 0.684. The molecule has 2 aromatic rings. The molecule has 5 nitrogen and oxygen atoms in total. The smallest absolute Gasteiger partial charge is 0.259 e. The van der Waals surface area contributed by atoms with Crippen LogP contribution in [0.4, 0.5) is 0 Å². The Morgan fingerprint density at radius 3 is 3.04 bits per heavy atom. The fourth-order valence-corrected chi connectivity index (χ4v) is 5.69. The highest BCUT2D eigenvalue weighted by atomic mass is 32.1. The number of hydrogen-bond donors (Lipinski definition) is 2. The number of likely N-dealkylation sites (tertiary alicyclic amines) is 1. The molecular weight excluding hydrogens is 332 g/mol. The van der Waals surface area contributed by atoms with E-state index in [-0.39, 0.29) is 17.0 Å². The van der Waals surface area contributed by atoms with Gasteiger partial charge >= 0.3 is 0 Å². The zero-order chi connectivity index (χ0) is 17.8. The zero-order valence-electron chi connectivity index (χ0n) is 15.4. The van der Waals surface area contributed by atoms with Gasteiger partial charge in [0.05, 0.1) is 11.4 Å². The van der Waals surface area contributed by atoms with Crippen molar-refractivity contribution in [1.29, 1.82) is 0 Å². The van der Waals surface area contributed by atoms with Gasteiger partial charge in [0.2, 0.25) is 0 Å². The van der Waals surface area contributed by atoms with Crippen LogP contribution in [0.5, 0.6) is 0 Å². The third-order valence-electron chi connectivity index (χ3n) is 6.21. The molecule has 0 amide bonds. The summed E-state index contributed by atoms with van der Waals surface area (Å²) in [6.45, 7) is 9.35. The second-order valence-electron chi connectivity index (χ2n) is 8.39. The average Bonchev–Trinajstić information content (AvgIpc) is 3.15. The molecule has 1 aliphatic heterocycles. The van der Waals surface area contributed by atoms with Crippen molar-refractivity contribution in [2.75, 3.05) is 19.6 Å². The number of nitrogens with zero attached hydrogens (tertiary/aromatic N) is 2. The van der Waals surface area contributed by atoms with Crippen molar-refractivity contribution in [2.45, 2.75) is 52.5 Å². The predicted octanol–water partition coefficient (Wildman–Crippen LogP) is 2.84. The zero-order valence-corrected chi connectivity index (χ0v) is 16.2. The van der Waals surface area contributed by atoms with Crippen LogP contribution in [0.3, 0.4) is 0 Å². The lowest BCUT2D eigenvalue weighted by molar-refractivity contribution is 0.220. The molecule has 1 fully saturated rings. The lowest BCUT2D eigenvalue weighted by atomic mass is 9.89. The molecule has 0 radical (unpaired) electrons. The summed E-state index contributed by atoms with van der Waals surface area (Å²) in [6, 6.07) is 0.114. The highest BCUT2D eigenvalue weighted by Crippen LogP contribution is 2.37. The molecule has 0 bridgehead atoms. The number of aromatic amines is 1. The van der Waals surface area contributed by atoms with Crippen molar-refractivity contribution in [2.24, 2.45) is 17.1 Å². The minimum atomic E-state index is 0.0414. The van der Waals surface area contributed by atoms with E-state index in [2.05, 4.69) is 30.7 Å². The first-order valence-corrected chi connectivity index (χ1v) is 10.2. The number of rotatable bonds is 3. The van der Waals surface area contributed by atoms with Crippen LogP contribution in [0.2, 0.25) is 0 Å². The molecule has 3 atom stereocenters. The van der Waals surface area contributed by atoms with Crippen molar-refractivity contribution in [3.63, 3.8) is 0 Å². The summed E-state index contributed by atoms with van der Waals surface area (Å²) in [5.74, 6) is 1.50. The van der Waals surface area contributed by atoms with Gasteiger partial charge in [-0.1, -0.05) is 13.8 Å². The maximum Gasteiger partial charge on any atom is 0.259 e. The van der Waals surface area contributed by atoms with Crippen molar-refractivity contribution in [3.05, 3.63) is 26.6 Å². The summed E-state index contributed by atoms with van der Waals surface area (Å²) in [7, 11) is 0. The molecule has 25 heavy (non-hydrogen) atoms. The standard InChI is InChI=1S/C19H28N4OS/c1-11-4-5-13-14(8-11)25-18-15(13)17(24)21-16(22-18)12(2)23-7-6-19(3,9-20)10-23/h11-12H,4-10,20H2,1-3H3,(H,21,22,24). The highest BCUT2D eigenvalue weighted by Gasteiger charge is 2.35. The summed E-state index contributed by atoms with van der Waals surface area (Å²) in [4.78, 5) is 25.4. The SMILES string of the molecule is CC1CCc2c(sc3nc(C(C)N4CCC(C)(CN)C4)[nH]c(=O)c23)C1. The second-order valence-corrected chi connectivity index (χ2v) is 9.48. The molecule has 2 aliphatic rings. The molecule has 6 heteroatoms. The van der Waals surface area contributed by atoms with Crippen LogP contribution in [-0.4, -0.2) is 34.5 Å². The number of H-pyrrole nitrogens is 1. The Balaban J connectivity index is 1.69. The van der Waals surface area contributed by atoms with Crippen molar-refractivity contribution >= 4 is 21.6 Å². The molecule has 0 aromatic carbocycles. The van der Waals surface area contributed by atoms with E-state index in [4.69, 9.17) is 10.7 Å². The van der Waals surface area contributed by atoms with Gasteiger partial charge in [-0.25, -0.2) is 4.98 Å². The Bertz CT molecular complexity index is 857. The van der Waals surface area contributed by atoms with E-state index in [0.717, 1.165) is 48.4 Å². The van der Waals surface area contributed by atoms with Gasteiger partial charge in [-0.15, -0.1) is 11.3 Å². The van der Waals surface area contributed by atoms with E-state index in [9.17, 15) is 4.79 Å². The Kier molecular flexibility index (Phi) is 4.25. The fourth-order valence-electron chi connectivity index (χ4n) is 4.30. The van der Waals surface area contributed by atoms with Gasteiger partial charge in [-0.2, -0.15) is 0 Å². The third kappa shape index (κ3) is 2.94. The Labute approximate surface area is 152 Å². The molecule has 1 aliphatic carbocycles. The van der Waals surface area contributed by atoms with Gasteiger partial charge in [0.1, 0.15) is 10.7 Å². The predicted molar refractivity (Wildman–Crippen MR) is 103 cm³/mol. The number of nitrogens with two attached hydrogens (primary N) is 1. The van der Waals surface area contributed by atoms with Crippen LogP contribution in [0.1, 0.15) is 55.9 Å². The first-order chi connectivity index (χ1) is 11.9. The molecule has 4 rings (SSSR count). The van der Waals surface area contributed by atoms with Crippen LogP contribution >= 0.6 is 11.3 Å². The van der Waals surface area contributed by atoms with Gasteiger partial charge in [0.25, 0.3) is 5.56 Å². The highest BCUT2D eigenvalue weighted by molar-refractivity contribution is 7.18. The lowest BCUT2D eigenvalue weighted by Crippen LogP contribution is -2.33. The van der Waals surface area contributed by atoms with Gasteiger partial charge in [-0.3, -0.25) is 9.69 Å². The normalized spacial score (nSPS) is 28.4. The van der Waals surface area contributed by atoms with Crippen molar-refractivity contribution in [3.8, 4) is 0 Å². The first-order valence-electron chi connectivity index (χ1n) is 9.39. The molecule has 1 saturated heterocycles. The number of fused-ring (bicyclic) bond motifs is 3. The molecule has 0 spiro atoms. The molecule has 3 N–H and O–H groups in total. The molecule has 3 unspecified atom stereocenters. The summed E-state index contributed by atoms with van der Waals surface area (Å²) in [5.41, 5.74) is 7.41. The minimum absolute atomic E-state index is 0.0414. The maximum atomic E-state index is 12.8. The van der Waals surface area contributed by atoms with Crippen LogP contribution in [0.15, 0.2) is 4.79 Å². The molecular formula is C19H28N4OS. The number of thiophene rings is 1. The first kappa shape index (κ1) is 17.2. The average molecular weight is 361 g/mol. The van der Waals surface area contributed by atoms with Crippen molar-refractivity contribution in [1.82, 2.24) is 14.9 Å². The largest absolute Gasteiger partial charge is 0.330 e. The van der Waals surface area contributed by atoms with Gasteiger partial charge < -0.3 is 10.7 Å². The Morgan fingerprint density at radius 1 is 1.52 bits per heavy atom. The van der Waals surface area contributed by atoms with Gasteiger partial charge in [0.15, 0.2) is 0 Å². The van der Waals surface area contributed by atoms with Gasteiger partial charge in [-0.05, 0) is 62.6 Å². The topological polar surface area (TPSA) is 75.0 Å². The van der Waals surface area contributed by atoms with E-state index < -0.39 is 0 Å². The van der Waals surface area contributed by atoms with Crippen LogP contribution < -0.4 is 11.3 Å². The molecule has 3 heterocycles. The number of nitrogens with one attached hydrogen (secondary N) is 1. The quantitative estimate of drug-likeness (QED) is 0.882. The van der Waals surface area contributed by atoms with E-state index in [1.165, 1.54) is 16.9 Å². The number of aryl methyl sites for hydroxylation is 1. The van der Waals surface area contributed by atoms with Gasteiger partial charge in [0, 0.05) is 11.4 Å². The monoisotopic (exact) mass is 360 g/mol. The van der Waals surface area contributed by atoms with E-state index >= 15 is 0 Å². The van der Waals surface area contributed by atoms with Crippen LogP contribution in [0.25, 0.3) is 10.2 Å². The maximum absolute atomic E-state index is 12.8. The molecule has 2 aromatic heterocycles. The lowest BCUT2D eigenvalue weighted by Gasteiger charge is -2.26. The minimum Gasteiger partial charge on any atom is -0.330 e. The number of hydrogen-bond acceptors (Lipinski definition) is 5. The third-order valence-corrected chi connectivity index (χ3v) is 7.36. The summed E-state index contributed by atoms with van der Waals surface area (Å²) in [6.07, 6.45) is 4.37. The Hall–Kier alpha value is -1.24. The summed E-state index contributed by atoms with van der Waals surface area (Å²) >= 11 is 1.73. The van der Waals surface area contributed by atoms with Crippen LogP contribution in [0, 0.1) is 11.3 Å². The van der Waals surface area contributed by atoms with E-state index in [0.29, 0.717) is 12.5 Å². The Morgan fingerprint density at radius 2 is 2.32 bits per heavy atom. The van der Waals surface area contributed by atoms with Crippen molar-refractivity contribution < 1.29 is 0 Å². The summed E-state index contributed by atoms with van der Waals surface area (Å²) in [5, 5.41) is 0.844. The second kappa shape index (κ2) is 6.18. The van der Waals surface area contributed by atoms with E-state index in [1.807, 2.05) is 0 Å². The summed E-state index contributed by atoms with van der Waals surface area (Å²) < 4.78 is 0.